The van der Waals surface area contributed by atoms with Crippen LogP contribution < -0.4 is 16.0 Å². The van der Waals surface area contributed by atoms with Gasteiger partial charge in [-0.15, -0.1) is 0 Å². The quantitative estimate of drug-likeness (QED) is 0.203. The Labute approximate surface area is 196 Å². The third-order valence-corrected chi connectivity index (χ3v) is 5.19. The van der Waals surface area contributed by atoms with E-state index >= 15 is 0 Å². The molecule has 0 radical (unpaired) electrons. The van der Waals surface area contributed by atoms with Crippen LogP contribution in [0.4, 0.5) is 40.7 Å². The SMILES string of the molecule is O=C(Nc1cccc(Nc2ccc3c(-c4cn[nH]c4)n[nH]c3c2)c1)Nc1cccc(C(F)(F)F)c1. The van der Waals surface area contributed by atoms with Crippen LogP contribution >= 0.6 is 0 Å². The lowest BCUT2D eigenvalue weighted by molar-refractivity contribution is -0.137. The molecule has 0 aliphatic carbocycles. The maximum Gasteiger partial charge on any atom is 0.416 e. The molecule has 0 spiro atoms. The van der Waals surface area contributed by atoms with Gasteiger partial charge in [-0.3, -0.25) is 10.2 Å². The molecule has 0 aliphatic heterocycles. The highest BCUT2D eigenvalue weighted by Crippen LogP contribution is 2.31. The summed E-state index contributed by atoms with van der Waals surface area (Å²) in [4.78, 5) is 12.3. The number of amides is 2. The molecule has 5 aromatic rings. The normalized spacial score (nSPS) is 11.4. The summed E-state index contributed by atoms with van der Waals surface area (Å²) in [6.45, 7) is 0. The second-order valence-corrected chi connectivity index (χ2v) is 7.68. The van der Waals surface area contributed by atoms with Crippen LogP contribution in [0.15, 0.2) is 79.1 Å². The van der Waals surface area contributed by atoms with E-state index in [1.807, 2.05) is 24.3 Å². The highest BCUT2D eigenvalue weighted by atomic mass is 19.4. The summed E-state index contributed by atoms with van der Waals surface area (Å²) in [6, 6.07) is 16.5. The van der Waals surface area contributed by atoms with Crippen LogP contribution in [-0.4, -0.2) is 26.4 Å². The predicted molar refractivity (Wildman–Crippen MR) is 127 cm³/mol. The van der Waals surface area contributed by atoms with Crippen molar-refractivity contribution in [3.8, 4) is 11.3 Å². The second kappa shape index (κ2) is 8.86. The fraction of sp³-hybridized carbons (Fsp3) is 0.0417. The zero-order valence-electron chi connectivity index (χ0n) is 17.9. The van der Waals surface area contributed by atoms with Crippen LogP contribution in [0.3, 0.4) is 0 Å². The monoisotopic (exact) mass is 477 g/mol. The van der Waals surface area contributed by atoms with Gasteiger partial charge in [0.2, 0.25) is 0 Å². The smallest absolute Gasteiger partial charge is 0.355 e. The van der Waals surface area contributed by atoms with E-state index in [1.54, 1.807) is 30.6 Å². The zero-order chi connectivity index (χ0) is 24.4. The minimum absolute atomic E-state index is 0.0363. The number of carbonyl (C=O) groups excluding carboxylic acids is 1. The van der Waals surface area contributed by atoms with Crippen molar-refractivity contribution < 1.29 is 18.0 Å². The predicted octanol–water partition coefficient (Wildman–Crippen LogP) is 6.36. The Bertz CT molecular complexity index is 1490. The summed E-state index contributed by atoms with van der Waals surface area (Å²) >= 11 is 0. The van der Waals surface area contributed by atoms with Gasteiger partial charge in [-0.1, -0.05) is 12.1 Å². The first kappa shape index (κ1) is 22.0. The minimum Gasteiger partial charge on any atom is -0.355 e. The molecule has 11 heteroatoms. The van der Waals surface area contributed by atoms with Crippen LogP contribution in [-0.2, 0) is 6.18 Å². The van der Waals surface area contributed by atoms with Gasteiger partial charge in [0.1, 0.15) is 5.69 Å². The van der Waals surface area contributed by atoms with E-state index in [1.165, 1.54) is 12.1 Å². The van der Waals surface area contributed by atoms with Crippen LogP contribution in [0.2, 0.25) is 0 Å². The average molecular weight is 477 g/mol. The second-order valence-electron chi connectivity index (χ2n) is 7.68. The number of urea groups is 1. The third-order valence-electron chi connectivity index (χ3n) is 5.19. The first-order valence-corrected chi connectivity index (χ1v) is 10.4. The number of rotatable bonds is 5. The van der Waals surface area contributed by atoms with Gasteiger partial charge in [-0.2, -0.15) is 23.4 Å². The number of halogens is 3. The minimum atomic E-state index is -4.49. The molecule has 35 heavy (non-hydrogen) atoms. The van der Waals surface area contributed by atoms with E-state index in [0.29, 0.717) is 11.4 Å². The number of alkyl halides is 3. The van der Waals surface area contributed by atoms with E-state index in [0.717, 1.165) is 40.0 Å². The van der Waals surface area contributed by atoms with Gasteiger partial charge in [-0.05, 0) is 54.6 Å². The number of carbonyl (C=O) groups is 1. The lowest BCUT2D eigenvalue weighted by atomic mass is 10.1. The molecule has 2 amide bonds. The Kier molecular flexibility index (Phi) is 5.57. The number of benzene rings is 3. The Balaban J connectivity index is 1.27. The Morgan fingerprint density at radius 2 is 1.57 bits per heavy atom. The van der Waals surface area contributed by atoms with E-state index in [2.05, 4.69) is 36.3 Å². The molecular weight excluding hydrogens is 459 g/mol. The van der Waals surface area contributed by atoms with Crippen molar-refractivity contribution in [1.82, 2.24) is 20.4 Å². The van der Waals surface area contributed by atoms with Gasteiger partial charge in [0.05, 0.1) is 17.3 Å². The van der Waals surface area contributed by atoms with Crippen molar-refractivity contribution in [2.75, 3.05) is 16.0 Å². The van der Waals surface area contributed by atoms with Gasteiger partial charge in [0, 0.05) is 39.9 Å². The molecule has 5 N–H and O–H groups in total. The molecule has 2 heterocycles. The maximum absolute atomic E-state index is 12.9. The lowest BCUT2D eigenvalue weighted by Gasteiger charge is -2.12. The number of H-pyrrole nitrogens is 2. The highest BCUT2D eigenvalue weighted by Gasteiger charge is 2.30. The Morgan fingerprint density at radius 1 is 0.857 bits per heavy atom. The number of aromatic nitrogens is 4. The molecule has 0 atom stereocenters. The molecule has 0 saturated heterocycles. The fourth-order valence-electron chi connectivity index (χ4n) is 3.61. The lowest BCUT2D eigenvalue weighted by Crippen LogP contribution is -2.19. The van der Waals surface area contributed by atoms with Gasteiger partial charge in [-0.25, -0.2) is 4.79 Å². The highest BCUT2D eigenvalue weighted by molar-refractivity contribution is 6.00. The van der Waals surface area contributed by atoms with Gasteiger partial charge < -0.3 is 16.0 Å². The molecule has 0 aliphatic rings. The number of aromatic amines is 2. The average Bonchev–Trinajstić information content (AvgIpc) is 3.48. The van der Waals surface area contributed by atoms with Gasteiger partial charge in [0.15, 0.2) is 0 Å². The number of hydrogen-bond acceptors (Lipinski definition) is 4. The largest absolute Gasteiger partial charge is 0.416 e. The van der Waals surface area contributed by atoms with E-state index < -0.39 is 17.8 Å². The summed E-state index contributed by atoms with van der Waals surface area (Å²) in [7, 11) is 0. The van der Waals surface area contributed by atoms with Gasteiger partial charge >= 0.3 is 12.2 Å². The summed E-state index contributed by atoms with van der Waals surface area (Å²) in [5.41, 5.74) is 3.66. The molecule has 5 rings (SSSR count). The first-order chi connectivity index (χ1) is 16.8. The number of nitrogens with one attached hydrogen (secondary N) is 5. The first-order valence-electron chi connectivity index (χ1n) is 10.4. The molecule has 3 aromatic carbocycles. The van der Waals surface area contributed by atoms with Crippen molar-refractivity contribution >= 4 is 39.7 Å². The molecule has 0 bridgehead atoms. The number of hydrogen-bond donors (Lipinski definition) is 5. The Hall–Kier alpha value is -4.80. The molecule has 0 saturated carbocycles. The summed E-state index contributed by atoms with van der Waals surface area (Å²) < 4.78 is 38.6. The molecule has 2 aromatic heterocycles. The van der Waals surface area contributed by atoms with Gasteiger partial charge in [0.25, 0.3) is 0 Å². The summed E-state index contributed by atoms with van der Waals surface area (Å²) in [6.07, 6.45) is -1.03. The fourth-order valence-corrected chi connectivity index (χ4v) is 3.61. The van der Waals surface area contributed by atoms with E-state index in [9.17, 15) is 18.0 Å². The van der Waals surface area contributed by atoms with Crippen molar-refractivity contribution in [3.63, 3.8) is 0 Å². The standard InChI is InChI=1S/C24H18F3N7O/c25-24(26,27)15-3-1-4-16(9-15)31-23(35)32-18-6-2-5-17(10-18)30-19-7-8-20-21(11-19)33-34-22(20)14-12-28-29-13-14/h1-13,30H,(H,28,29)(H,33,34)(H2,31,32,35). The zero-order valence-corrected chi connectivity index (χ0v) is 17.9. The topological polar surface area (TPSA) is 111 Å². The van der Waals surface area contributed by atoms with Crippen molar-refractivity contribution in [1.29, 1.82) is 0 Å². The van der Waals surface area contributed by atoms with Crippen molar-refractivity contribution in [2.24, 2.45) is 0 Å². The van der Waals surface area contributed by atoms with Crippen LogP contribution in [0.25, 0.3) is 22.2 Å². The molecule has 0 unspecified atom stereocenters. The third kappa shape index (κ3) is 4.93. The molecule has 176 valence electrons. The molecule has 0 fully saturated rings. The van der Waals surface area contributed by atoms with Crippen LogP contribution in [0.5, 0.6) is 0 Å². The molecule has 8 nitrogen and oxygen atoms in total. The number of anilines is 4. The van der Waals surface area contributed by atoms with Crippen molar-refractivity contribution in [3.05, 3.63) is 84.7 Å². The number of fused-ring (bicyclic) bond motifs is 1. The summed E-state index contributed by atoms with van der Waals surface area (Å²) in [5.74, 6) is 0. The van der Waals surface area contributed by atoms with E-state index in [4.69, 9.17) is 0 Å². The summed E-state index contributed by atoms with van der Waals surface area (Å²) in [5, 5.41) is 23.3. The van der Waals surface area contributed by atoms with Crippen LogP contribution in [0.1, 0.15) is 5.56 Å². The number of nitrogens with zero attached hydrogens (tertiary/aromatic N) is 2. The Morgan fingerprint density at radius 3 is 2.31 bits per heavy atom. The van der Waals surface area contributed by atoms with Crippen molar-refractivity contribution in [2.45, 2.75) is 6.18 Å². The molecular formula is C24H18F3N7O. The van der Waals surface area contributed by atoms with Crippen LogP contribution in [0, 0.1) is 0 Å². The van der Waals surface area contributed by atoms with E-state index in [-0.39, 0.29) is 5.69 Å². The maximum atomic E-state index is 12.9.